The van der Waals surface area contributed by atoms with Crippen LogP contribution in [0.15, 0.2) is 24.5 Å². The quantitative estimate of drug-likeness (QED) is 0.900. The molecule has 2 N–H and O–H groups in total. The van der Waals surface area contributed by atoms with Crippen molar-refractivity contribution in [2.24, 2.45) is 5.92 Å². The summed E-state index contributed by atoms with van der Waals surface area (Å²) in [6.07, 6.45) is 5.53. The fraction of sp³-hybridized carbons (Fsp3) is 0.467. The highest BCUT2D eigenvalue weighted by atomic mass is 16.4. The minimum absolute atomic E-state index is 0.227. The molecule has 0 spiro atoms. The molecule has 2 aromatic rings. The van der Waals surface area contributed by atoms with Crippen molar-refractivity contribution in [2.45, 2.75) is 38.3 Å². The third kappa shape index (κ3) is 2.29. The number of hydrogen-bond acceptors (Lipinski definition) is 3. The fourth-order valence-corrected chi connectivity index (χ4v) is 3.06. The number of fused-ring (bicyclic) bond motifs is 1. The predicted molar refractivity (Wildman–Crippen MR) is 74.7 cm³/mol. The molecule has 0 aliphatic heterocycles. The molecular formula is C15H18N2O3. The van der Waals surface area contributed by atoms with Gasteiger partial charge in [0.05, 0.1) is 23.5 Å². The van der Waals surface area contributed by atoms with Gasteiger partial charge < -0.3 is 14.8 Å². The average Bonchev–Trinajstić information content (AvgIpc) is 2.84. The molecule has 2 atom stereocenters. The van der Waals surface area contributed by atoms with Gasteiger partial charge in [-0.3, -0.25) is 0 Å². The Balaban J connectivity index is 1.92. The summed E-state index contributed by atoms with van der Waals surface area (Å²) < 4.78 is 1.96. The lowest BCUT2D eigenvalue weighted by Gasteiger charge is -2.27. The molecule has 106 valence electrons. The Hall–Kier alpha value is -1.88. The molecule has 0 amide bonds. The highest BCUT2D eigenvalue weighted by Gasteiger charge is 2.24. The SMILES string of the molecule is O=C(O)c1cccc2c1ncn2CC1CCCCC1O. The van der Waals surface area contributed by atoms with Gasteiger partial charge in [0.15, 0.2) is 0 Å². The van der Waals surface area contributed by atoms with Gasteiger partial charge in [0.25, 0.3) is 0 Å². The first-order valence-corrected chi connectivity index (χ1v) is 7.02. The highest BCUT2D eigenvalue weighted by Crippen LogP contribution is 2.27. The summed E-state index contributed by atoms with van der Waals surface area (Å²) in [5.41, 5.74) is 1.57. The molecule has 0 saturated heterocycles. The molecule has 5 nitrogen and oxygen atoms in total. The Bertz CT molecular complexity index is 635. The molecular weight excluding hydrogens is 256 g/mol. The maximum absolute atomic E-state index is 11.2. The fourth-order valence-electron chi connectivity index (χ4n) is 3.06. The van der Waals surface area contributed by atoms with Crippen molar-refractivity contribution in [1.82, 2.24) is 9.55 Å². The molecule has 20 heavy (non-hydrogen) atoms. The largest absolute Gasteiger partial charge is 0.478 e. The Morgan fingerprint density at radius 2 is 2.15 bits per heavy atom. The van der Waals surface area contributed by atoms with Crippen molar-refractivity contribution in [2.75, 3.05) is 0 Å². The summed E-state index contributed by atoms with van der Waals surface area (Å²) in [6, 6.07) is 5.18. The number of rotatable bonds is 3. The van der Waals surface area contributed by atoms with Gasteiger partial charge in [0.1, 0.15) is 5.52 Å². The average molecular weight is 274 g/mol. The number of carbonyl (C=O) groups is 1. The lowest BCUT2D eigenvalue weighted by atomic mass is 9.86. The van der Waals surface area contributed by atoms with E-state index in [-0.39, 0.29) is 17.6 Å². The van der Waals surface area contributed by atoms with Crippen LogP contribution in [-0.4, -0.2) is 31.8 Å². The van der Waals surface area contributed by atoms with Crippen LogP contribution in [0.4, 0.5) is 0 Å². The number of imidazole rings is 1. The van der Waals surface area contributed by atoms with Crippen LogP contribution in [0.1, 0.15) is 36.0 Å². The van der Waals surface area contributed by atoms with Crippen molar-refractivity contribution in [3.8, 4) is 0 Å². The van der Waals surface area contributed by atoms with E-state index in [1.165, 1.54) is 0 Å². The number of benzene rings is 1. The van der Waals surface area contributed by atoms with E-state index in [9.17, 15) is 9.90 Å². The van der Waals surface area contributed by atoms with Crippen molar-refractivity contribution in [3.63, 3.8) is 0 Å². The standard InChI is InChI=1S/C15H18N2O3/c18-13-7-2-1-4-10(13)8-17-9-16-14-11(15(19)20)5-3-6-12(14)17/h3,5-6,9-10,13,18H,1-2,4,7-8H2,(H,19,20). The van der Waals surface area contributed by atoms with Gasteiger partial charge in [0.2, 0.25) is 0 Å². The molecule has 1 fully saturated rings. The Morgan fingerprint density at radius 1 is 1.35 bits per heavy atom. The first-order chi connectivity index (χ1) is 9.66. The molecule has 1 aliphatic carbocycles. The summed E-state index contributed by atoms with van der Waals surface area (Å²) in [7, 11) is 0. The number of hydrogen-bond donors (Lipinski definition) is 2. The molecule has 3 rings (SSSR count). The van der Waals surface area contributed by atoms with Gasteiger partial charge in [0, 0.05) is 12.5 Å². The Morgan fingerprint density at radius 3 is 2.90 bits per heavy atom. The molecule has 0 radical (unpaired) electrons. The van der Waals surface area contributed by atoms with Gasteiger partial charge >= 0.3 is 5.97 Å². The number of carboxylic acid groups (broad SMARTS) is 1. The minimum atomic E-state index is -0.960. The summed E-state index contributed by atoms with van der Waals surface area (Å²) in [5, 5.41) is 19.2. The van der Waals surface area contributed by atoms with E-state index in [0.717, 1.165) is 31.2 Å². The third-order valence-electron chi connectivity index (χ3n) is 4.18. The molecule has 1 heterocycles. The first-order valence-electron chi connectivity index (χ1n) is 7.02. The second-order valence-corrected chi connectivity index (χ2v) is 5.49. The lowest BCUT2D eigenvalue weighted by molar-refractivity contribution is 0.0612. The van der Waals surface area contributed by atoms with Crippen molar-refractivity contribution in [1.29, 1.82) is 0 Å². The van der Waals surface area contributed by atoms with Crippen molar-refractivity contribution >= 4 is 17.0 Å². The van der Waals surface area contributed by atoms with Crippen molar-refractivity contribution in [3.05, 3.63) is 30.1 Å². The number of para-hydroxylation sites is 1. The number of nitrogens with zero attached hydrogens (tertiary/aromatic N) is 2. The highest BCUT2D eigenvalue weighted by molar-refractivity contribution is 6.00. The molecule has 0 bridgehead atoms. The van der Waals surface area contributed by atoms with Gasteiger partial charge in [-0.15, -0.1) is 0 Å². The van der Waals surface area contributed by atoms with Gasteiger partial charge in [-0.25, -0.2) is 9.78 Å². The van der Waals surface area contributed by atoms with Crippen LogP contribution < -0.4 is 0 Å². The molecule has 1 aromatic carbocycles. The summed E-state index contributed by atoms with van der Waals surface area (Å²) in [5.74, 6) is -0.729. The molecule has 2 unspecified atom stereocenters. The Labute approximate surface area is 116 Å². The summed E-state index contributed by atoms with van der Waals surface area (Å²) in [6.45, 7) is 0.695. The summed E-state index contributed by atoms with van der Waals surface area (Å²) in [4.78, 5) is 15.4. The van der Waals surface area contributed by atoms with Crippen LogP contribution >= 0.6 is 0 Å². The first kappa shape index (κ1) is 13.1. The van der Waals surface area contributed by atoms with Crippen LogP contribution in [0.2, 0.25) is 0 Å². The van der Waals surface area contributed by atoms with Crippen LogP contribution in [0.5, 0.6) is 0 Å². The van der Waals surface area contributed by atoms with E-state index >= 15 is 0 Å². The van der Waals surface area contributed by atoms with Crippen LogP contribution in [-0.2, 0) is 6.54 Å². The van der Waals surface area contributed by atoms with E-state index in [2.05, 4.69) is 4.98 Å². The monoisotopic (exact) mass is 274 g/mol. The molecule has 1 saturated carbocycles. The number of aliphatic hydroxyl groups excluding tert-OH is 1. The molecule has 1 aliphatic rings. The maximum Gasteiger partial charge on any atom is 0.337 e. The van der Waals surface area contributed by atoms with Gasteiger partial charge in [-0.05, 0) is 25.0 Å². The zero-order valence-corrected chi connectivity index (χ0v) is 11.2. The number of aromatic carboxylic acids is 1. The number of carboxylic acids is 1. The zero-order chi connectivity index (χ0) is 14.1. The second-order valence-electron chi connectivity index (χ2n) is 5.49. The number of aromatic nitrogens is 2. The normalized spacial score (nSPS) is 23.1. The third-order valence-corrected chi connectivity index (χ3v) is 4.18. The van der Waals surface area contributed by atoms with Crippen molar-refractivity contribution < 1.29 is 15.0 Å². The maximum atomic E-state index is 11.2. The smallest absolute Gasteiger partial charge is 0.337 e. The van der Waals surface area contributed by atoms with E-state index in [4.69, 9.17) is 5.11 Å². The minimum Gasteiger partial charge on any atom is -0.478 e. The van der Waals surface area contributed by atoms with E-state index < -0.39 is 5.97 Å². The van der Waals surface area contributed by atoms with Gasteiger partial charge in [-0.1, -0.05) is 18.9 Å². The predicted octanol–water partition coefficient (Wildman–Crippen LogP) is 2.29. The van der Waals surface area contributed by atoms with Gasteiger partial charge in [-0.2, -0.15) is 0 Å². The summed E-state index contributed by atoms with van der Waals surface area (Å²) >= 11 is 0. The van der Waals surface area contributed by atoms with E-state index in [1.807, 2.05) is 10.6 Å². The van der Waals surface area contributed by atoms with Crippen LogP contribution in [0, 0.1) is 5.92 Å². The van der Waals surface area contributed by atoms with Crippen LogP contribution in [0.25, 0.3) is 11.0 Å². The van der Waals surface area contributed by atoms with E-state index in [1.54, 1.807) is 18.5 Å². The molecule has 1 aromatic heterocycles. The zero-order valence-electron chi connectivity index (χ0n) is 11.2. The molecule has 5 heteroatoms. The Kier molecular flexibility index (Phi) is 3.44. The second kappa shape index (κ2) is 5.25. The van der Waals surface area contributed by atoms with Crippen LogP contribution in [0.3, 0.4) is 0 Å². The number of aliphatic hydroxyl groups is 1. The van der Waals surface area contributed by atoms with E-state index in [0.29, 0.717) is 12.1 Å². The topological polar surface area (TPSA) is 75.3 Å². The lowest BCUT2D eigenvalue weighted by Crippen LogP contribution is -2.28.